The molecule has 1 aliphatic heterocycles. The second-order valence-electron chi connectivity index (χ2n) is 6.91. The smallest absolute Gasteiger partial charge is 0.408 e. The van der Waals surface area contributed by atoms with Crippen LogP contribution in [0.4, 0.5) is 10.6 Å². The number of nitrogens with two attached hydrogens (primary N) is 1. The number of nitrogens with zero attached hydrogens (tertiary/aromatic N) is 4. The van der Waals surface area contributed by atoms with Gasteiger partial charge in [0.15, 0.2) is 5.82 Å². The maximum atomic E-state index is 11.9. The van der Waals surface area contributed by atoms with Crippen molar-refractivity contribution in [2.24, 2.45) is 5.41 Å². The Bertz CT molecular complexity index is 782. The number of hydrogen-bond acceptors (Lipinski definition) is 4. The molecule has 2 aromatic rings. The van der Waals surface area contributed by atoms with Gasteiger partial charge >= 0.3 is 6.09 Å². The molecule has 0 spiro atoms. The first kappa shape index (κ1) is 16.0. The summed E-state index contributed by atoms with van der Waals surface area (Å²) in [7, 11) is 0. The minimum absolute atomic E-state index is 0.333. The number of aromatic nitrogens is 3. The van der Waals surface area contributed by atoms with Gasteiger partial charge in [0.2, 0.25) is 0 Å². The quantitative estimate of drug-likeness (QED) is 0.790. The molecule has 0 aliphatic carbocycles. The number of anilines is 1. The van der Waals surface area contributed by atoms with Gasteiger partial charge in [0.05, 0.1) is 0 Å². The van der Waals surface area contributed by atoms with Gasteiger partial charge in [-0.25, -0.2) is 14.8 Å². The highest BCUT2D eigenvalue weighted by atomic mass is 79.9. The van der Waals surface area contributed by atoms with Crippen LogP contribution in [0.3, 0.4) is 0 Å². The number of fused-ring (bicyclic) bond motifs is 1. The van der Waals surface area contributed by atoms with Gasteiger partial charge in [0.1, 0.15) is 21.5 Å². The predicted octanol–water partition coefficient (Wildman–Crippen LogP) is 3.09. The van der Waals surface area contributed by atoms with E-state index in [1.165, 1.54) is 4.90 Å². The molecule has 3 N–H and O–H groups in total. The van der Waals surface area contributed by atoms with Gasteiger partial charge in [-0.05, 0) is 34.2 Å². The third kappa shape index (κ3) is 2.11. The van der Waals surface area contributed by atoms with Gasteiger partial charge in [-0.15, -0.1) is 0 Å². The van der Waals surface area contributed by atoms with Crippen molar-refractivity contribution >= 4 is 33.4 Å². The lowest BCUT2D eigenvalue weighted by Crippen LogP contribution is -2.53. The van der Waals surface area contributed by atoms with Gasteiger partial charge in [-0.3, -0.25) is 9.30 Å². The Balaban J connectivity index is 2.36. The zero-order valence-electron chi connectivity index (χ0n) is 13.4. The molecule has 1 aliphatic rings. The topological polar surface area (TPSA) is 96.8 Å². The van der Waals surface area contributed by atoms with E-state index in [-0.39, 0.29) is 5.41 Å². The fourth-order valence-corrected chi connectivity index (χ4v) is 4.30. The summed E-state index contributed by atoms with van der Waals surface area (Å²) in [5, 5.41) is 9.75. The van der Waals surface area contributed by atoms with Crippen LogP contribution < -0.4 is 5.73 Å². The molecule has 124 valence electrons. The Morgan fingerprint density at radius 1 is 1.48 bits per heavy atom. The molecule has 0 saturated carbocycles. The highest BCUT2D eigenvalue weighted by Gasteiger charge is 2.55. The van der Waals surface area contributed by atoms with Gasteiger partial charge < -0.3 is 10.8 Å². The number of imidazole rings is 1. The summed E-state index contributed by atoms with van der Waals surface area (Å²) in [6.45, 7) is 6.65. The standard InChI is InChI=1S/C15H20BrN5O2/c1-14(2,3)15(5-4-7-21(15)13(22)23)12-19-10(16)9-11(17)18-6-8-20(9)12/h6,8H,4-5,7H2,1-3H3,(H2,17,18)(H,22,23). The van der Waals surface area contributed by atoms with Crippen LogP contribution in [-0.4, -0.2) is 37.0 Å². The summed E-state index contributed by atoms with van der Waals surface area (Å²) >= 11 is 3.45. The molecule has 8 heteroatoms. The van der Waals surface area contributed by atoms with Crippen LogP contribution in [0.25, 0.3) is 5.52 Å². The van der Waals surface area contributed by atoms with E-state index in [2.05, 4.69) is 25.9 Å². The van der Waals surface area contributed by atoms with E-state index in [0.29, 0.717) is 28.3 Å². The van der Waals surface area contributed by atoms with Gasteiger partial charge in [0.25, 0.3) is 0 Å². The fraction of sp³-hybridized carbons (Fsp3) is 0.533. The van der Waals surface area contributed by atoms with Gasteiger partial charge in [0, 0.05) is 18.9 Å². The van der Waals surface area contributed by atoms with Crippen LogP contribution in [0, 0.1) is 5.41 Å². The van der Waals surface area contributed by atoms with Crippen molar-refractivity contribution in [2.75, 3.05) is 12.3 Å². The third-order valence-corrected chi connectivity index (χ3v) is 5.32. The van der Waals surface area contributed by atoms with Crippen molar-refractivity contribution < 1.29 is 9.90 Å². The molecule has 7 nitrogen and oxygen atoms in total. The van der Waals surface area contributed by atoms with Gasteiger partial charge in [-0.2, -0.15) is 0 Å². The van der Waals surface area contributed by atoms with Crippen LogP contribution in [0.2, 0.25) is 0 Å². The molecule has 1 atom stereocenters. The average Bonchev–Trinajstić information content (AvgIpc) is 3.01. The van der Waals surface area contributed by atoms with Crippen molar-refractivity contribution in [1.82, 2.24) is 19.3 Å². The largest absolute Gasteiger partial charge is 0.465 e. The molecular formula is C15H20BrN5O2. The lowest BCUT2D eigenvalue weighted by atomic mass is 9.71. The minimum atomic E-state index is -0.924. The SMILES string of the molecule is CC(C)(C)C1(c2nc(Br)c3c(N)nccn23)CCCN1C(=O)O. The van der Waals surface area contributed by atoms with Crippen molar-refractivity contribution in [3.05, 3.63) is 22.8 Å². The van der Waals surface area contributed by atoms with E-state index in [9.17, 15) is 9.90 Å². The number of nitrogen functional groups attached to an aromatic ring is 1. The lowest BCUT2D eigenvalue weighted by Gasteiger charge is -2.45. The highest BCUT2D eigenvalue weighted by Crippen LogP contribution is 2.51. The molecule has 0 radical (unpaired) electrons. The molecule has 1 amide bonds. The molecule has 3 heterocycles. The van der Waals surface area contributed by atoms with Gasteiger partial charge in [-0.1, -0.05) is 20.8 Å². The Morgan fingerprint density at radius 3 is 2.78 bits per heavy atom. The number of rotatable bonds is 1. The van der Waals surface area contributed by atoms with E-state index in [0.717, 1.165) is 12.8 Å². The molecule has 1 saturated heterocycles. The first-order valence-corrected chi connectivity index (χ1v) is 8.28. The normalized spacial score (nSPS) is 22.0. The zero-order valence-corrected chi connectivity index (χ0v) is 15.0. The number of amides is 1. The maximum absolute atomic E-state index is 11.9. The maximum Gasteiger partial charge on any atom is 0.408 e. The molecule has 3 rings (SSSR count). The summed E-state index contributed by atoms with van der Waals surface area (Å²) in [5.41, 5.74) is 5.60. The van der Waals surface area contributed by atoms with E-state index < -0.39 is 11.6 Å². The summed E-state index contributed by atoms with van der Waals surface area (Å²) in [5.74, 6) is 1.04. The van der Waals surface area contributed by atoms with Crippen LogP contribution in [0.5, 0.6) is 0 Å². The Morgan fingerprint density at radius 2 is 2.17 bits per heavy atom. The second-order valence-corrected chi connectivity index (χ2v) is 7.66. The van der Waals surface area contributed by atoms with E-state index in [1.54, 1.807) is 12.4 Å². The first-order valence-electron chi connectivity index (χ1n) is 7.49. The molecule has 2 aromatic heterocycles. The average molecular weight is 382 g/mol. The Hall–Kier alpha value is -1.83. The molecule has 23 heavy (non-hydrogen) atoms. The minimum Gasteiger partial charge on any atom is -0.465 e. The van der Waals surface area contributed by atoms with Crippen LogP contribution in [-0.2, 0) is 5.54 Å². The molecule has 0 bridgehead atoms. The summed E-state index contributed by atoms with van der Waals surface area (Å²) in [4.78, 5) is 22.2. The second kappa shape index (κ2) is 5.09. The van der Waals surface area contributed by atoms with Crippen molar-refractivity contribution in [3.63, 3.8) is 0 Å². The summed E-state index contributed by atoms with van der Waals surface area (Å²) in [6, 6.07) is 0. The predicted molar refractivity (Wildman–Crippen MR) is 90.2 cm³/mol. The number of halogens is 1. The highest BCUT2D eigenvalue weighted by molar-refractivity contribution is 9.10. The van der Waals surface area contributed by atoms with Crippen molar-refractivity contribution in [1.29, 1.82) is 0 Å². The van der Waals surface area contributed by atoms with Crippen LogP contribution in [0.1, 0.15) is 39.4 Å². The lowest BCUT2D eigenvalue weighted by molar-refractivity contribution is 0.0206. The number of carbonyl (C=O) groups is 1. The fourth-order valence-electron chi connectivity index (χ4n) is 3.74. The molecule has 1 unspecified atom stereocenters. The monoisotopic (exact) mass is 381 g/mol. The zero-order chi connectivity index (χ0) is 17.0. The number of carboxylic acid groups (broad SMARTS) is 1. The van der Waals surface area contributed by atoms with E-state index in [4.69, 9.17) is 5.73 Å². The van der Waals surface area contributed by atoms with E-state index >= 15 is 0 Å². The van der Waals surface area contributed by atoms with E-state index in [1.807, 2.05) is 25.2 Å². The molecule has 0 aromatic carbocycles. The Labute approximate surface area is 142 Å². The van der Waals surface area contributed by atoms with Crippen molar-refractivity contribution in [3.8, 4) is 0 Å². The number of likely N-dealkylation sites (tertiary alicyclic amines) is 1. The molecule has 1 fully saturated rings. The summed E-state index contributed by atoms with van der Waals surface area (Å²) < 4.78 is 2.44. The molecular weight excluding hydrogens is 362 g/mol. The van der Waals surface area contributed by atoms with Crippen LogP contribution >= 0.6 is 15.9 Å². The first-order chi connectivity index (χ1) is 10.7. The summed E-state index contributed by atoms with van der Waals surface area (Å²) in [6.07, 6.45) is 3.99. The van der Waals surface area contributed by atoms with Crippen LogP contribution in [0.15, 0.2) is 17.0 Å². The van der Waals surface area contributed by atoms with Crippen molar-refractivity contribution in [2.45, 2.75) is 39.2 Å². The number of hydrogen-bond donors (Lipinski definition) is 2. The Kier molecular flexibility index (Phi) is 3.55. The third-order valence-electron chi connectivity index (χ3n) is 4.76.